The van der Waals surface area contributed by atoms with Crippen molar-refractivity contribution in [2.75, 3.05) is 35.2 Å². The second kappa shape index (κ2) is 9.66. The number of hydrogen-bond acceptors (Lipinski definition) is 7. The van der Waals surface area contributed by atoms with Crippen LogP contribution in [-0.2, 0) is 9.59 Å². The molecule has 4 rings (SSSR count). The van der Waals surface area contributed by atoms with Gasteiger partial charge in [-0.05, 0) is 36.4 Å². The molecule has 1 aliphatic heterocycles. The number of benzene rings is 1. The van der Waals surface area contributed by atoms with Crippen molar-refractivity contribution in [1.82, 2.24) is 20.5 Å². The molecule has 9 heteroatoms. The van der Waals surface area contributed by atoms with E-state index in [1.807, 2.05) is 54.6 Å². The summed E-state index contributed by atoms with van der Waals surface area (Å²) >= 11 is 0. The van der Waals surface area contributed by atoms with Crippen LogP contribution in [0.3, 0.4) is 0 Å². The van der Waals surface area contributed by atoms with Crippen molar-refractivity contribution >= 4 is 34.8 Å². The maximum absolute atomic E-state index is 12.4. The highest BCUT2D eigenvalue weighted by molar-refractivity contribution is 6.00. The van der Waals surface area contributed by atoms with Crippen LogP contribution in [0.5, 0.6) is 0 Å². The van der Waals surface area contributed by atoms with Crippen molar-refractivity contribution in [1.29, 1.82) is 0 Å². The number of rotatable bonds is 8. The SMILES string of the molecule is O=C(NCCNc1ccc(Nc2ccncc2)nn1)[C@H]1CC(=O)N(c2ccccc2)C1. The van der Waals surface area contributed by atoms with Crippen LogP contribution in [0, 0.1) is 5.92 Å². The first-order valence-electron chi connectivity index (χ1n) is 10.1. The number of nitrogens with one attached hydrogen (secondary N) is 3. The van der Waals surface area contributed by atoms with Gasteiger partial charge in [-0.1, -0.05) is 18.2 Å². The minimum absolute atomic E-state index is 0.0276. The molecule has 158 valence electrons. The highest BCUT2D eigenvalue weighted by Gasteiger charge is 2.34. The third-order valence-corrected chi connectivity index (χ3v) is 4.91. The largest absolute Gasteiger partial charge is 0.367 e. The third kappa shape index (κ3) is 5.33. The maximum atomic E-state index is 12.4. The molecule has 0 aliphatic carbocycles. The van der Waals surface area contributed by atoms with Gasteiger partial charge in [0.2, 0.25) is 11.8 Å². The van der Waals surface area contributed by atoms with E-state index in [9.17, 15) is 9.59 Å². The number of anilines is 4. The molecular weight excluding hydrogens is 394 g/mol. The number of carbonyl (C=O) groups is 2. The lowest BCUT2D eigenvalue weighted by Gasteiger charge is -2.16. The van der Waals surface area contributed by atoms with Crippen LogP contribution >= 0.6 is 0 Å². The van der Waals surface area contributed by atoms with Crippen molar-refractivity contribution in [3.05, 3.63) is 67.0 Å². The van der Waals surface area contributed by atoms with Crippen LogP contribution in [-0.4, -0.2) is 46.6 Å². The molecule has 31 heavy (non-hydrogen) atoms. The Labute approximate surface area is 179 Å². The Hall–Kier alpha value is -4.01. The molecule has 0 bridgehead atoms. The Kier molecular flexibility index (Phi) is 6.32. The summed E-state index contributed by atoms with van der Waals surface area (Å²) in [4.78, 5) is 30.3. The van der Waals surface area contributed by atoms with Gasteiger partial charge in [-0.15, -0.1) is 10.2 Å². The summed E-state index contributed by atoms with van der Waals surface area (Å²) in [6, 6.07) is 16.7. The molecule has 1 fully saturated rings. The number of aromatic nitrogens is 3. The van der Waals surface area contributed by atoms with Crippen LogP contribution in [0.1, 0.15) is 6.42 Å². The van der Waals surface area contributed by atoms with Crippen molar-refractivity contribution in [3.63, 3.8) is 0 Å². The van der Waals surface area contributed by atoms with Gasteiger partial charge in [0, 0.05) is 49.8 Å². The molecule has 3 aromatic rings. The van der Waals surface area contributed by atoms with E-state index >= 15 is 0 Å². The Morgan fingerprint density at radius 1 is 0.968 bits per heavy atom. The van der Waals surface area contributed by atoms with Gasteiger partial charge in [0.1, 0.15) is 5.82 Å². The average Bonchev–Trinajstić information content (AvgIpc) is 3.21. The van der Waals surface area contributed by atoms with Gasteiger partial charge in [0.05, 0.1) is 5.92 Å². The highest BCUT2D eigenvalue weighted by Crippen LogP contribution is 2.24. The van der Waals surface area contributed by atoms with Gasteiger partial charge >= 0.3 is 0 Å². The molecule has 2 aromatic heterocycles. The molecule has 1 saturated heterocycles. The lowest BCUT2D eigenvalue weighted by molar-refractivity contribution is -0.126. The van der Waals surface area contributed by atoms with Crippen molar-refractivity contribution in [2.24, 2.45) is 5.92 Å². The second-order valence-electron chi connectivity index (χ2n) is 7.12. The molecule has 9 nitrogen and oxygen atoms in total. The molecule has 0 radical (unpaired) electrons. The van der Waals surface area contributed by atoms with Crippen LogP contribution in [0.25, 0.3) is 0 Å². The summed E-state index contributed by atoms with van der Waals surface area (Å²) in [5, 5.41) is 17.4. The van der Waals surface area contributed by atoms with E-state index in [1.54, 1.807) is 17.3 Å². The van der Waals surface area contributed by atoms with Crippen molar-refractivity contribution < 1.29 is 9.59 Å². The monoisotopic (exact) mass is 417 g/mol. The number of carbonyl (C=O) groups excluding carboxylic acids is 2. The number of pyridine rings is 1. The van der Waals surface area contributed by atoms with Crippen molar-refractivity contribution in [3.8, 4) is 0 Å². The fourth-order valence-corrected chi connectivity index (χ4v) is 3.34. The molecule has 0 saturated carbocycles. The normalized spacial score (nSPS) is 15.5. The zero-order valence-electron chi connectivity index (χ0n) is 16.9. The van der Waals surface area contributed by atoms with Crippen LogP contribution in [0.15, 0.2) is 67.0 Å². The van der Waals surface area contributed by atoms with Crippen LogP contribution in [0.2, 0.25) is 0 Å². The predicted molar refractivity (Wildman–Crippen MR) is 118 cm³/mol. The van der Waals surface area contributed by atoms with Gasteiger partial charge in [-0.3, -0.25) is 14.6 Å². The molecule has 1 atom stereocenters. The topological polar surface area (TPSA) is 112 Å². The smallest absolute Gasteiger partial charge is 0.227 e. The van der Waals surface area contributed by atoms with Gasteiger partial charge in [-0.2, -0.15) is 0 Å². The number of nitrogens with zero attached hydrogens (tertiary/aromatic N) is 4. The van der Waals surface area contributed by atoms with Gasteiger partial charge in [0.25, 0.3) is 0 Å². The first-order chi connectivity index (χ1) is 15.2. The lowest BCUT2D eigenvalue weighted by atomic mass is 10.1. The van der Waals surface area contributed by atoms with Crippen LogP contribution in [0.4, 0.5) is 23.0 Å². The van der Waals surface area contributed by atoms with E-state index in [-0.39, 0.29) is 24.2 Å². The predicted octanol–water partition coefficient (Wildman–Crippen LogP) is 2.20. The summed E-state index contributed by atoms with van der Waals surface area (Å²) in [7, 11) is 0. The Morgan fingerprint density at radius 3 is 2.45 bits per heavy atom. The standard InChI is InChI=1S/C22H23N7O2/c30-21-14-16(15-29(21)18-4-2-1-3-5-18)22(31)25-13-12-24-19-6-7-20(28-27-19)26-17-8-10-23-11-9-17/h1-11,16H,12-15H2,(H,24,27)(H,25,31)(H,23,26,28)/t16-/m0/s1. The quantitative estimate of drug-likeness (QED) is 0.482. The van der Waals surface area contributed by atoms with Crippen molar-refractivity contribution in [2.45, 2.75) is 6.42 Å². The van der Waals surface area contributed by atoms with E-state index < -0.39 is 0 Å². The average molecular weight is 417 g/mol. The minimum atomic E-state index is -0.342. The van der Waals surface area contributed by atoms with Gasteiger partial charge in [0.15, 0.2) is 5.82 Å². The molecular formula is C22H23N7O2. The van der Waals surface area contributed by atoms with Gasteiger partial charge in [-0.25, -0.2) is 0 Å². The van der Waals surface area contributed by atoms with E-state index in [2.05, 4.69) is 31.1 Å². The Bertz CT molecular complexity index is 1010. The molecule has 0 spiro atoms. The van der Waals surface area contributed by atoms with E-state index in [4.69, 9.17) is 0 Å². The van der Waals surface area contributed by atoms with E-state index in [0.29, 0.717) is 31.3 Å². The van der Waals surface area contributed by atoms with Crippen LogP contribution < -0.4 is 20.9 Å². The number of para-hydroxylation sites is 1. The number of amides is 2. The summed E-state index contributed by atoms with van der Waals surface area (Å²) < 4.78 is 0. The lowest BCUT2D eigenvalue weighted by Crippen LogP contribution is -2.35. The molecule has 3 heterocycles. The second-order valence-corrected chi connectivity index (χ2v) is 7.12. The molecule has 1 aromatic carbocycles. The Morgan fingerprint density at radius 2 is 1.71 bits per heavy atom. The summed E-state index contributed by atoms with van der Waals surface area (Å²) in [6.45, 7) is 1.33. The zero-order valence-corrected chi connectivity index (χ0v) is 16.9. The van der Waals surface area contributed by atoms with E-state index in [0.717, 1.165) is 11.4 Å². The number of hydrogen-bond donors (Lipinski definition) is 3. The zero-order chi connectivity index (χ0) is 21.5. The molecule has 3 N–H and O–H groups in total. The van der Waals surface area contributed by atoms with E-state index in [1.165, 1.54) is 0 Å². The molecule has 1 aliphatic rings. The van der Waals surface area contributed by atoms with Gasteiger partial charge < -0.3 is 20.9 Å². The fourth-order valence-electron chi connectivity index (χ4n) is 3.34. The Balaban J connectivity index is 1.19. The third-order valence-electron chi connectivity index (χ3n) is 4.91. The highest BCUT2D eigenvalue weighted by atomic mass is 16.2. The minimum Gasteiger partial charge on any atom is -0.367 e. The summed E-state index contributed by atoms with van der Waals surface area (Å²) in [5.74, 6) is 0.752. The summed E-state index contributed by atoms with van der Waals surface area (Å²) in [5.41, 5.74) is 1.70. The molecule has 2 amide bonds. The first kappa shape index (κ1) is 20.3. The summed E-state index contributed by atoms with van der Waals surface area (Å²) in [6.07, 6.45) is 3.62. The maximum Gasteiger partial charge on any atom is 0.227 e. The fraction of sp³-hybridized carbons (Fsp3) is 0.227. The first-order valence-corrected chi connectivity index (χ1v) is 10.1. The molecule has 0 unspecified atom stereocenters.